The number of aromatic nitrogens is 3. The van der Waals surface area contributed by atoms with E-state index in [1.807, 2.05) is 0 Å². The summed E-state index contributed by atoms with van der Waals surface area (Å²) >= 11 is 5.94. The number of carbonyl (C=O) groups is 1. The number of anilines is 1. The number of aliphatic hydroxyl groups excluding tert-OH is 1. The lowest BCUT2D eigenvalue weighted by molar-refractivity contribution is -0.162. The van der Waals surface area contributed by atoms with Crippen LogP contribution in [0.3, 0.4) is 0 Å². The maximum atomic E-state index is 12.0. The standard InChI is InChI=1S/C20H29ClN4O4/c1-3-4-5-6-7-8-16(27)28-12-20(2)14(26)11-15(29-20)25-10-9-13-17(22)23-19(21)24-18(13)25/h9-10,14-15,26H,3-8,11-12H2,1-2H3,(H2,22,23,24)/t14-,15+,20+/m0/s1. The van der Waals surface area contributed by atoms with Crippen LogP contribution in [0.4, 0.5) is 5.82 Å². The predicted molar refractivity (Wildman–Crippen MR) is 110 cm³/mol. The van der Waals surface area contributed by atoms with Crippen LogP contribution in [0.1, 0.15) is 65.0 Å². The first-order valence-corrected chi connectivity index (χ1v) is 10.5. The molecular formula is C20H29ClN4O4. The SMILES string of the molecule is CCCCCCCC(=O)OC[C@@]1(C)O[C@@H](n2ccc3c(N)nc(Cl)nc32)C[C@@H]1O. The predicted octanol–water partition coefficient (Wildman–Crippen LogP) is 3.61. The molecule has 0 aromatic carbocycles. The van der Waals surface area contributed by atoms with Crippen molar-refractivity contribution in [2.75, 3.05) is 12.3 Å². The van der Waals surface area contributed by atoms with Gasteiger partial charge in [-0.1, -0.05) is 32.6 Å². The minimum atomic E-state index is -0.999. The second-order valence-electron chi connectivity index (χ2n) is 7.80. The van der Waals surface area contributed by atoms with Gasteiger partial charge in [-0.05, 0) is 31.0 Å². The van der Waals surface area contributed by atoms with Gasteiger partial charge in [0.15, 0.2) is 0 Å². The number of nitrogens with two attached hydrogens (primary N) is 1. The summed E-state index contributed by atoms with van der Waals surface area (Å²) in [7, 11) is 0. The molecule has 160 valence electrons. The second-order valence-corrected chi connectivity index (χ2v) is 8.14. The number of rotatable bonds is 9. The summed E-state index contributed by atoms with van der Waals surface area (Å²) in [6, 6.07) is 1.78. The molecule has 29 heavy (non-hydrogen) atoms. The minimum Gasteiger partial charge on any atom is -0.462 e. The lowest BCUT2D eigenvalue weighted by Gasteiger charge is -2.27. The first-order valence-electron chi connectivity index (χ1n) is 10.1. The summed E-state index contributed by atoms with van der Waals surface area (Å²) in [4.78, 5) is 20.2. The summed E-state index contributed by atoms with van der Waals surface area (Å²) in [6.45, 7) is 3.89. The number of unbranched alkanes of at least 4 members (excludes halogenated alkanes) is 4. The van der Waals surface area contributed by atoms with E-state index >= 15 is 0 Å². The molecule has 8 nitrogen and oxygen atoms in total. The van der Waals surface area contributed by atoms with Crippen LogP contribution in [0.25, 0.3) is 11.0 Å². The molecule has 0 bridgehead atoms. The van der Waals surface area contributed by atoms with Crippen molar-refractivity contribution in [3.05, 3.63) is 17.5 Å². The molecule has 1 fully saturated rings. The van der Waals surface area contributed by atoms with Crippen LogP contribution in [0.15, 0.2) is 12.3 Å². The number of nitrogen functional groups attached to an aromatic ring is 1. The van der Waals surface area contributed by atoms with Crippen molar-refractivity contribution < 1.29 is 19.4 Å². The highest BCUT2D eigenvalue weighted by molar-refractivity contribution is 6.28. The van der Waals surface area contributed by atoms with E-state index < -0.39 is 17.9 Å². The van der Waals surface area contributed by atoms with Gasteiger partial charge in [-0.3, -0.25) is 4.79 Å². The third-order valence-electron chi connectivity index (χ3n) is 5.42. The Labute approximate surface area is 175 Å². The molecule has 3 rings (SSSR count). The van der Waals surface area contributed by atoms with Crippen molar-refractivity contribution >= 4 is 34.4 Å². The number of hydrogen-bond acceptors (Lipinski definition) is 7. The minimum absolute atomic E-state index is 0.00442. The molecule has 0 spiro atoms. The number of carbonyl (C=O) groups excluding carboxylic acids is 1. The largest absolute Gasteiger partial charge is 0.462 e. The smallest absolute Gasteiger partial charge is 0.305 e. The van der Waals surface area contributed by atoms with Crippen LogP contribution >= 0.6 is 11.6 Å². The van der Waals surface area contributed by atoms with Crippen molar-refractivity contribution in [2.45, 2.75) is 76.7 Å². The molecule has 0 radical (unpaired) electrons. The number of aliphatic hydroxyl groups is 1. The summed E-state index contributed by atoms with van der Waals surface area (Å²) in [5.41, 5.74) is 5.44. The highest BCUT2D eigenvalue weighted by Gasteiger charge is 2.46. The zero-order valence-corrected chi connectivity index (χ0v) is 17.7. The molecule has 2 aromatic heterocycles. The molecule has 3 N–H and O–H groups in total. The van der Waals surface area contributed by atoms with Gasteiger partial charge in [-0.2, -0.15) is 4.98 Å². The van der Waals surface area contributed by atoms with E-state index in [1.165, 1.54) is 12.8 Å². The fourth-order valence-corrected chi connectivity index (χ4v) is 3.78. The first-order chi connectivity index (χ1) is 13.8. The fraction of sp³-hybridized carbons (Fsp3) is 0.650. The highest BCUT2D eigenvalue weighted by atomic mass is 35.5. The molecule has 1 aliphatic rings. The molecule has 1 saturated heterocycles. The van der Waals surface area contributed by atoms with E-state index in [-0.39, 0.29) is 23.7 Å². The van der Waals surface area contributed by atoms with Crippen molar-refractivity contribution in [2.24, 2.45) is 0 Å². The normalized spacial score (nSPS) is 24.3. The Morgan fingerprint density at radius 3 is 2.93 bits per heavy atom. The lowest BCUT2D eigenvalue weighted by atomic mass is 10.0. The van der Waals surface area contributed by atoms with Gasteiger partial charge in [0.05, 0.1) is 11.5 Å². The molecule has 0 saturated carbocycles. The Morgan fingerprint density at radius 1 is 1.41 bits per heavy atom. The number of esters is 1. The van der Waals surface area contributed by atoms with Crippen LogP contribution in [0.5, 0.6) is 0 Å². The van der Waals surface area contributed by atoms with Crippen LogP contribution in [-0.2, 0) is 14.3 Å². The van der Waals surface area contributed by atoms with Crippen LogP contribution in [0, 0.1) is 0 Å². The number of hydrogen-bond donors (Lipinski definition) is 2. The van der Waals surface area contributed by atoms with Gasteiger partial charge in [-0.25, -0.2) is 4.98 Å². The van der Waals surface area contributed by atoms with Gasteiger partial charge >= 0.3 is 5.97 Å². The maximum Gasteiger partial charge on any atom is 0.305 e. The van der Waals surface area contributed by atoms with Crippen molar-refractivity contribution in [1.29, 1.82) is 0 Å². The first kappa shape index (κ1) is 21.8. The quantitative estimate of drug-likeness (QED) is 0.359. The molecule has 3 heterocycles. The van der Waals surface area contributed by atoms with Crippen LogP contribution < -0.4 is 5.73 Å². The Kier molecular flexibility index (Phi) is 6.97. The zero-order valence-electron chi connectivity index (χ0n) is 16.9. The third kappa shape index (κ3) is 4.99. The summed E-state index contributed by atoms with van der Waals surface area (Å²) in [6.07, 6.45) is 6.54. The van der Waals surface area contributed by atoms with E-state index in [0.29, 0.717) is 23.9 Å². The van der Waals surface area contributed by atoms with Gasteiger partial charge in [0, 0.05) is 19.0 Å². The van der Waals surface area contributed by atoms with Gasteiger partial charge in [0.1, 0.15) is 29.9 Å². The Hall–Kier alpha value is -1.90. The van der Waals surface area contributed by atoms with Crippen molar-refractivity contribution in [3.8, 4) is 0 Å². The second kappa shape index (κ2) is 9.28. The molecule has 0 unspecified atom stereocenters. The molecule has 0 aliphatic carbocycles. The van der Waals surface area contributed by atoms with E-state index in [9.17, 15) is 9.90 Å². The average molecular weight is 425 g/mol. The summed E-state index contributed by atoms with van der Waals surface area (Å²) in [5.74, 6) is 0.0219. The Balaban J connectivity index is 1.59. The van der Waals surface area contributed by atoms with E-state index in [0.717, 1.165) is 19.3 Å². The van der Waals surface area contributed by atoms with E-state index in [1.54, 1.807) is 23.8 Å². The molecule has 0 amide bonds. The molecular weight excluding hydrogens is 396 g/mol. The third-order valence-corrected chi connectivity index (χ3v) is 5.59. The topological polar surface area (TPSA) is 112 Å². The maximum absolute atomic E-state index is 12.0. The van der Waals surface area contributed by atoms with Crippen LogP contribution in [-0.4, -0.2) is 43.9 Å². The molecule has 2 aromatic rings. The monoisotopic (exact) mass is 424 g/mol. The van der Waals surface area contributed by atoms with Crippen molar-refractivity contribution in [1.82, 2.24) is 14.5 Å². The Morgan fingerprint density at radius 2 is 2.17 bits per heavy atom. The number of nitrogens with zero attached hydrogens (tertiary/aromatic N) is 3. The Bertz CT molecular complexity index is 858. The number of fused-ring (bicyclic) bond motifs is 1. The molecule has 1 aliphatic heterocycles. The molecule has 9 heteroatoms. The highest BCUT2D eigenvalue weighted by Crippen LogP contribution is 2.39. The summed E-state index contributed by atoms with van der Waals surface area (Å²) < 4.78 is 13.3. The van der Waals surface area contributed by atoms with E-state index in [4.69, 9.17) is 26.8 Å². The number of ether oxygens (including phenoxy) is 2. The zero-order chi connectivity index (χ0) is 21.0. The van der Waals surface area contributed by atoms with E-state index in [2.05, 4.69) is 16.9 Å². The summed E-state index contributed by atoms with van der Waals surface area (Å²) in [5, 5.41) is 11.3. The average Bonchev–Trinajstić information content (AvgIpc) is 3.21. The van der Waals surface area contributed by atoms with Crippen LogP contribution in [0.2, 0.25) is 5.28 Å². The molecule has 3 atom stereocenters. The number of halogens is 1. The van der Waals surface area contributed by atoms with Gasteiger partial charge in [0.25, 0.3) is 0 Å². The fourth-order valence-electron chi connectivity index (χ4n) is 3.61. The van der Waals surface area contributed by atoms with Gasteiger partial charge < -0.3 is 24.9 Å². The lowest BCUT2D eigenvalue weighted by Crippen LogP contribution is -2.41. The van der Waals surface area contributed by atoms with Crippen molar-refractivity contribution in [3.63, 3.8) is 0 Å². The van der Waals surface area contributed by atoms with Gasteiger partial charge in [-0.15, -0.1) is 0 Å². The van der Waals surface area contributed by atoms with Gasteiger partial charge in [0.2, 0.25) is 5.28 Å².